The molecule has 0 bridgehead atoms. The number of rotatable bonds is 8. The van der Waals surface area contributed by atoms with Gasteiger partial charge in [-0.15, -0.1) is 0 Å². The molecule has 10 heteroatoms. The molecule has 1 aliphatic rings. The molecule has 4 rings (SSSR count). The summed E-state index contributed by atoms with van der Waals surface area (Å²) in [6, 6.07) is 13.0. The second kappa shape index (κ2) is 10.8. The third-order valence-electron chi connectivity index (χ3n) is 6.83. The molecule has 196 valence electrons. The summed E-state index contributed by atoms with van der Waals surface area (Å²) in [5.41, 5.74) is 1.20. The van der Waals surface area contributed by atoms with Crippen LogP contribution in [0.2, 0.25) is 0 Å². The summed E-state index contributed by atoms with van der Waals surface area (Å²) in [4.78, 5) is 31.8. The van der Waals surface area contributed by atoms with Gasteiger partial charge in [0.25, 0.3) is 0 Å². The van der Waals surface area contributed by atoms with Gasteiger partial charge in [-0.2, -0.15) is 13.2 Å². The van der Waals surface area contributed by atoms with E-state index < -0.39 is 29.8 Å². The fourth-order valence-electron chi connectivity index (χ4n) is 5.10. The fourth-order valence-corrected chi connectivity index (χ4v) is 5.10. The van der Waals surface area contributed by atoms with Gasteiger partial charge >= 0.3 is 12.1 Å². The monoisotopic (exact) mass is 514 g/mol. The quantitative estimate of drug-likeness (QED) is 0.458. The van der Waals surface area contributed by atoms with Crippen molar-refractivity contribution in [2.75, 3.05) is 13.6 Å². The van der Waals surface area contributed by atoms with E-state index in [4.69, 9.17) is 0 Å². The lowest BCUT2D eigenvalue weighted by atomic mass is 9.94. The molecule has 2 atom stereocenters. The molecule has 0 saturated heterocycles. The lowest BCUT2D eigenvalue weighted by molar-refractivity contribution is -0.137. The topological polar surface area (TPSA) is 87.5 Å². The molecule has 3 aromatic rings. The number of alkyl halides is 3. The van der Waals surface area contributed by atoms with Crippen molar-refractivity contribution in [2.45, 2.75) is 51.0 Å². The van der Waals surface area contributed by atoms with Crippen LogP contribution in [0.3, 0.4) is 0 Å². The molecule has 2 heterocycles. The highest BCUT2D eigenvalue weighted by Crippen LogP contribution is 2.39. The molecule has 1 aliphatic heterocycles. The number of likely N-dealkylation sites (N-methyl/N-ethyl adjacent to an activating group) is 1. The number of hydrogen-bond acceptors (Lipinski definition) is 4. The molecule has 1 amide bonds. The highest BCUT2D eigenvalue weighted by molar-refractivity contribution is 5.87. The van der Waals surface area contributed by atoms with E-state index in [1.165, 1.54) is 12.1 Å². The number of amides is 1. The zero-order valence-electron chi connectivity index (χ0n) is 20.6. The SMILES string of the molecule is CCc1nc(C(=O)O)c2n1CCN(C(C(=O)NC)c1ccccc1)C2CCc1ccc(C(F)(F)F)cc1. The Balaban J connectivity index is 1.76. The number of halogens is 3. The first-order valence-electron chi connectivity index (χ1n) is 12.2. The molecule has 0 aliphatic carbocycles. The van der Waals surface area contributed by atoms with Crippen LogP contribution in [0.15, 0.2) is 54.6 Å². The molecule has 2 N–H and O–H groups in total. The van der Waals surface area contributed by atoms with E-state index in [0.29, 0.717) is 49.4 Å². The average Bonchev–Trinajstić information content (AvgIpc) is 3.27. The summed E-state index contributed by atoms with van der Waals surface area (Å²) in [5.74, 6) is -0.727. The molecule has 0 saturated carbocycles. The van der Waals surface area contributed by atoms with Crippen LogP contribution in [0.1, 0.15) is 64.1 Å². The minimum Gasteiger partial charge on any atom is -0.476 e. The first kappa shape index (κ1) is 26.4. The lowest BCUT2D eigenvalue weighted by Crippen LogP contribution is -2.46. The molecule has 0 radical (unpaired) electrons. The smallest absolute Gasteiger partial charge is 0.416 e. The molecular formula is C27H29F3N4O3. The predicted molar refractivity (Wildman–Crippen MR) is 131 cm³/mol. The molecule has 2 aromatic carbocycles. The maximum atomic E-state index is 13.2. The van der Waals surface area contributed by atoms with Gasteiger partial charge in [0.2, 0.25) is 5.91 Å². The van der Waals surface area contributed by atoms with Crippen LogP contribution >= 0.6 is 0 Å². The van der Waals surface area contributed by atoms with Crippen molar-refractivity contribution in [2.24, 2.45) is 0 Å². The first-order valence-corrected chi connectivity index (χ1v) is 12.2. The molecular weight excluding hydrogens is 485 g/mol. The van der Waals surface area contributed by atoms with Crippen molar-refractivity contribution in [3.8, 4) is 0 Å². The number of aromatic nitrogens is 2. The Hall–Kier alpha value is -3.66. The summed E-state index contributed by atoms with van der Waals surface area (Å²) in [5, 5.41) is 12.7. The highest BCUT2D eigenvalue weighted by atomic mass is 19.4. The van der Waals surface area contributed by atoms with Crippen LogP contribution in [0.25, 0.3) is 0 Å². The minimum absolute atomic E-state index is 0.0531. The zero-order valence-corrected chi connectivity index (χ0v) is 20.6. The maximum Gasteiger partial charge on any atom is 0.416 e. The highest BCUT2D eigenvalue weighted by Gasteiger charge is 2.40. The molecule has 0 fully saturated rings. The summed E-state index contributed by atoms with van der Waals surface area (Å²) < 4.78 is 41.0. The molecule has 0 spiro atoms. The van der Waals surface area contributed by atoms with Crippen molar-refractivity contribution in [3.05, 3.63) is 88.5 Å². The summed E-state index contributed by atoms with van der Waals surface area (Å²) in [6.07, 6.45) is -3.10. The van der Waals surface area contributed by atoms with Crippen LogP contribution in [0, 0.1) is 0 Å². The number of benzene rings is 2. The van der Waals surface area contributed by atoms with Crippen LogP contribution < -0.4 is 5.32 Å². The summed E-state index contributed by atoms with van der Waals surface area (Å²) >= 11 is 0. The number of nitrogens with zero attached hydrogens (tertiary/aromatic N) is 3. The largest absolute Gasteiger partial charge is 0.476 e. The number of carboxylic acids is 1. The van der Waals surface area contributed by atoms with Crippen LogP contribution in [-0.2, 0) is 30.4 Å². The van der Waals surface area contributed by atoms with Gasteiger partial charge in [0.1, 0.15) is 11.9 Å². The zero-order chi connectivity index (χ0) is 26.7. The number of carbonyl (C=O) groups is 2. The predicted octanol–water partition coefficient (Wildman–Crippen LogP) is 4.64. The van der Waals surface area contributed by atoms with Crippen molar-refractivity contribution >= 4 is 11.9 Å². The molecule has 2 unspecified atom stereocenters. The van der Waals surface area contributed by atoms with Gasteiger partial charge in [-0.05, 0) is 36.1 Å². The van der Waals surface area contributed by atoms with Crippen molar-refractivity contribution in [3.63, 3.8) is 0 Å². The standard InChI is InChI=1S/C27H29F3N4O3/c1-3-21-32-22(26(36)37)24-20(14-11-17-9-12-19(13-10-17)27(28,29)30)33(15-16-34(21)24)23(25(35)31-2)18-7-5-4-6-8-18/h4-10,12-13,20,23H,3,11,14-16H2,1-2H3,(H,31,35)(H,36,37). The first-order chi connectivity index (χ1) is 17.7. The van der Waals surface area contributed by atoms with Gasteiger partial charge in [-0.1, -0.05) is 49.4 Å². The number of carbonyl (C=O) groups excluding carboxylic acids is 1. The van der Waals surface area contributed by atoms with Crippen molar-refractivity contribution < 1.29 is 27.9 Å². The Labute approximate surface area is 212 Å². The Morgan fingerprint density at radius 3 is 2.35 bits per heavy atom. The second-order valence-corrected chi connectivity index (χ2v) is 8.99. The summed E-state index contributed by atoms with van der Waals surface area (Å²) in [6.45, 7) is 2.85. The van der Waals surface area contributed by atoms with E-state index in [2.05, 4.69) is 10.3 Å². The second-order valence-electron chi connectivity index (χ2n) is 8.99. The number of fused-ring (bicyclic) bond motifs is 1. The number of nitrogens with one attached hydrogen (secondary N) is 1. The van der Waals surface area contributed by atoms with E-state index in [1.807, 2.05) is 46.7 Å². The number of carboxylic acid groups (broad SMARTS) is 1. The maximum absolute atomic E-state index is 13.2. The van der Waals surface area contributed by atoms with Crippen molar-refractivity contribution in [1.82, 2.24) is 19.8 Å². The molecule has 7 nitrogen and oxygen atoms in total. The minimum atomic E-state index is -4.42. The average molecular weight is 515 g/mol. The van der Waals surface area contributed by atoms with Crippen LogP contribution in [-0.4, -0.2) is 45.0 Å². The van der Waals surface area contributed by atoms with Gasteiger partial charge in [0.15, 0.2) is 5.69 Å². The number of aromatic carboxylic acids is 1. The molecule has 37 heavy (non-hydrogen) atoms. The number of hydrogen-bond donors (Lipinski definition) is 2. The third kappa shape index (κ3) is 5.39. The van der Waals surface area contributed by atoms with E-state index >= 15 is 0 Å². The Morgan fingerprint density at radius 1 is 1.11 bits per heavy atom. The van der Waals surface area contributed by atoms with Crippen molar-refractivity contribution in [1.29, 1.82) is 0 Å². The Kier molecular flexibility index (Phi) is 7.68. The Morgan fingerprint density at radius 2 is 1.78 bits per heavy atom. The lowest BCUT2D eigenvalue weighted by Gasteiger charge is -2.41. The van der Waals surface area contributed by atoms with Gasteiger partial charge in [0.05, 0.1) is 17.3 Å². The Bertz CT molecular complexity index is 1260. The van der Waals surface area contributed by atoms with Gasteiger partial charge in [-0.3, -0.25) is 9.69 Å². The number of imidazole rings is 1. The van der Waals surface area contributed by atoms with Crippen LogP contribution in [0.4, 0.5) is 13.2 Å². The fraction of sp³-hybridized carbons (Fsp3) is 0.370. The van der Waals surface area contributed by atoms with E-state index in [9.17, 15) is 27.9 Å². The van der Waals surface area contributed by atoms with Crippen LogP contribution in [0.5, 0.6) is 0 Å². The van der Waals surface area contributed by atoms with E-state index in [-0.39, 0.29) is 11.6 Å². The molecule has 1 aromatic heterocycles. The summed E-state index contributed by atoms with van der Waals surface area (Å²) in [7, 11) is 1.56. The van der Waals surface area contributed by atoms with Gasteiger partial charge < -0.3 is 15.0 Å². The van der Waals surface area contributed by atoms with E-state index in [1.54, 1.807) is 7.05 Å². The van der Waals surface area contributed by atoms with E-state index in [0.717, 1.165) is 17.7 Å². The normalized spacial score (nSPS) is 16.7. The number of aryl methyl sites for hydroxylation is 2. The third-order valence-corrected chi connectivity index (χ3v) is 6.83. The van der Waals surface area contributed by atoms with Gasteiger partial charge in [0, 0.05) is 26.6 Å². The van der Waals surface area contributed by atoms with Gasteiger partial charge in [-0.25, -0.2) is 9.78 Å².